The second kappa shape index (κ2) is 2.54. The fraction of sp³-hybridized carbons (Fsp3) is 0.250. The summed E-state index contributed by atoms with van der Waals surface area (Å²) in [6, 6.07) is 3.01. The minimum absolute atomic E-state index is 0.0320. The average Bonchev–Trinajstić information content (AvgIpc) is 2.35. The van der Waals surface area contributed by atoms with Crippen LogP contribution < -0.4 is 10.5 Å². The van der Waals surface area contributed by atoms with Gasteiger partial charge < -0.3 is 15.6 Å². The van der Waals surface area contributed by atoms with Gasteiger partial charge in [-0.2, -0.15) is 0 Å². The zero-order valence-corrected chi connectivity index (χ0v) is 7.01. The lowest BCUT2D eigenvalue weighted by Gasteiger charge is -2.02. The van der Waals surface area contributed by atoms with E-state index in [0.717, 1.165) is 5.56 Å². The summed E-state index contributed by atoms with van der Waals surface area (Å²) in [7, 11) is 0. The van der Waals surface area contributed by atoms with Gasteiger partial charge in [0, 0.05) is 11.6 Å². The Morgan fingerprint density at radius 2 is 2.33 bits per heavy atom. The molecule has 0 spiro atoms. The molecular weight excluding hydrogens is 178 g/mol. The number of phenolic OH excluding ortho intramolecular Hbond substituents is 1. The molecule has 1 aromatic rings. The van der Waals surface area contributed by atoms with Crippen LogP contribution in [0.3, 0.4) is 0 Å². The minimum atomic E-state index is -0.127. The van der Waals surface area contributed by atoms with Gasteiger partial charge in [0.1, 0.15) is 18.1 Å². The van der Waals surface area contributed by atoms with Crippen molar-refractivity contribution in [3.8, 4) is 11.5 Å². The summed E-state index contributed by atoms with van der Waals surface area (Å²) in [5, 5.41) is 9.53. The number of rotatable bonds is 0. The van der Waals surface area contributed by atoms with Crippen molar-refractivity contribution in [1.29, 1.82) is 0 Å². The fourth-order valence-electron chi connectivity index (χ4n) is 1.24. The first-order chi connectivity index (χ1) is 5.68. The van der Waals surface area contributed by atoms with Crippen molar-refractivity contribution < 1.29 is 9.84 Å². The monoisotopic (exact) mass is 185 g/mol. The Balaban J connectivity index is 2.56. The van der Waals surface area contributed by atoms with Crippen LogP contribution >= 0.6 is 11.6 Å². The van der Waals surface area contributed by atoms with Crippen LogP contribution in [0, 0.1) is 0 Å². The lowest BCUT2D eigenvalue weighted by atomic mass is 10.1. The SMILES string of the molecule is NC1COc2cc(O)c(Cl)cc21. The number of fused-ring (bicyclic) bond motifs is 1. The maximum atomic E-state index is 9.22. The lowest BCUT2D eigenvalue weighted by molar-refractivity contribution is 0.332. The van der Waals surface area contributed by atoms with E-state index in [1.165, 1.54) is 6.07 Å². The molecule has 1 heterocycles. The molecule has 0 saturated carbocycles. The summed E-state index contributed by atoms with van der Waals surface area (Å²) in [5.74, 6) is 0.661. The van der Waals surface area contributed by atoms with Crippen LogP contribution in [-0.2, 0) is 0 Å². The highest BCUT2D eigenvalue weighted by atomic mass is 35.5. The van der Waals surface area contributed by atoms with Crippen molar-refractivity contribution >= 4 is 11.6 Å². The Morgan fingerprint density at radius 1 is 1.58 bits per heavy atom. The molecule has 0 amide bonds. The van der Waals surface area contributed by atoms with Crippen molar-refractivity contribution in [2.24, 2.45) is 5.73 Å². The van der Waals surface area contributed by atoms with Gasteiger partial charge in [-0.3, -0.25) is 0 Å². The van der Waals surface area contributed by atoms with Crippen molar-refractivity contribution in [2.75, 3.05) is 6.61 Å². The predicted molar refractivity (Wildman–Crippen MR) is 45.5 cm³/mol. The van der Waals surface area contributed by atoms with E-state index in [1.807, 2.05) is 0 Å². The predicted octanol–water partition coefficient (Wildman–Crippen LogP) is 1.44. The third kappa shape index (κ3) is 1.02. The molecule has 1 aliphatic heterocycles. The van der Waals surface area contributed by atoms with Gasteiger partial charge >= 0.3 is 0 Å². The standard InChI is InChI=1S/C8H8ClNO2/c9-5-1-4-6(10)3-12-8(4)2-7(5)11/h1-2,6,11H,3,10H2. The number of benzene rings is 1. The van der Waals surface area contributed by atoms with E-state index in [0.29, 0.717) is 17.4 Å². The maximum absolute atomic E-state index is 9.22. The molecule has 1 aromatic carbocycles. The van der Waals surface area contributed by atoms with Gasteiger partial charge in [0.2, 0.25) is 0 Å². The Bertz CT molecular complexity index is 327. The summed E-state index contributed by atoms with van der Waals surface area (Å²) < 4.78 is 5.20. The fourth-order valence-corrected chi connectivity index (χ4v) is 1.41. The first-order valence-electron chi connectivity index (χ1n) is 3.59. The molecule has 1 unspecified atom stereocenters. The van der Waals surface area contributed by atoms with Crippen LogP contribution in [0.15, 0.2) is 12.1 Å². The van der Waals surface area contributed by atoms with Gasteiger partial charge in [0.05, 0.1) is 11.1 Å². The largest absolute Gasteiger partial charge is 0.506 e. The summed E-state index contributed by atoms with van der Waals surface area (Å²) in [4.78, 5) is 0. The average molecular weight is 186 g/mol. The molecule has 0 aliphatic carbocycles. The second-order valence-electron chi connectivity index (χ2n) is 2.76. The molecule has 0 radical (unpaired) electrons. The van der Waals surface area contributed by atoms with Gasteiger partial charge in [0.15, 0.2) is 0 Å². The number of nitrogens with two attached hydrogens (primary N) is 1. The second-order valence-corrected chi connectivity index (χ2v) is 3.17. The highest BCUT2D eigenvalue weighted by Crippen LogP contribution is 2.37. The molecule has 0 fully saturated rings. The third-order valence-corrected chi connectivity index (χ3v) is 2.20. The number of ether oxygens (including phenoxy) is 1. The van der Waals surface area contributed by atoms with Gasteiger partial charge in [-0.15, -0.1) is 0 Å². The molecule has 12 heavy (non-hydrogen) atoms. The number of halogens is 1. The molecule has 0 aromatic heterocycles. The summed E-state index contributed by atoms with van der Waals surface area (Å²) in [6.07, 6.45) is 0. The van der Waals surface area contributed by atoms with Crippen molar-refractivity contribution in [3.05, 3.63) is 22.7 Å². The highest BCUT2D eigenvalue weighted by molar-refractivity contribution is 6.32. The molecule has 0 saturated heterocycles. The molecule has 3 nitrogen and oxygen atoms in total. The molecule has 4 heteroatoms. The maximum Gasteiger partial charge on any atom is 0.137 e. The van der Waals surface area contributed by atoms with Gasteiger partial charge in [-0.25, -0.2) is 0 Å². The van der Waals surface area contributed by atoms with Gasteiger partial charge in [0.25, 0.3) is 0 Å². The third-order valence-electron chi connectivity index (χ3n) is 1.90. The van der Waals surface area contributed by atoms with E-state index in [9.17, 15) is 5.11 Å². The Labute approximate surface area is 74.7 Å². The summed E-state index contributed by atoms with van der Waals surface area (Å²) >= 11 is 5.70. The molecule has 3 N–H and O–H groups in total. The van der Waals surface area contributed by atoms with Crippen molar-refractivity contribution in [2.45, 2.75) is 6.04 Å². The summed E-state index contributed by atoms with van der Waals surface area (Å²) in [5.41, 5.74) is 6.56. The van der Waals surface area contributed by atoms with E-state index in [4.69, 9.17) is 22.1 Å². The molecular formula is C8H8ClNO2. The molecule has 64 valence electrons. The van der Waals surface area contributed by atoms with Crippen LogP contribution in [0.25, 0.3) is 0 Å². The van der Waals surface area contributed by atoms with E-state index in [2.05, 4.69) is 0 Å². The molecule has 1 aliphatic rings. The Kier molecular flexibility index (Phi) is 1.63. The number of hydrogen-bond donors (Lipinski definition) is 2. The molecule has 1 atom stereocenters. The van der Waals surface area contributed by atoms with E-state index in [1.54, 1.807) is 6.07 Å². The van der Waals surface area contributed by atoms with E-state index < -0.39 is 0 Å². The van der Waals surface area contributed by atoms with Crippen LogP contribution in [0.5, 0.6) is 11.5 Å². The molecule has 0 bridgehead atoms. The topological polar surface area (TPSA) is 55.5 Å². The van der Waals surface area contributed by atoms with Crippen molar-refractivity contribution in [1.82, 2.24) is 0 Å². The van der Waals surface area contributed by atoms with E-state index in [-0.39, 0.29) is 11.8 Å². The first kappa shape index (κ1) is 7.71. The van der Waals surface area contributed by atoms with Gasteiger partial charge in [-0.1, -0.05) is 11.6 Å². The smallest absolute Gasteiger partial charge is 0.137 e. The highest BCUT2D eigenvalue weighted by Gasteiger charge is 2.22. The minimum Gasteiger partial charge on any atom is -0.506 e. The lowest BCUT2D eigenvalue weighted by Crippen LogP contribution is -2.10. The van der Waals surface area contributed by atoms with Crippen molar-refractivity contribution in [3.63, 3.8) is 0 Å². The Hall–Kier alpha value is -0.930. The summed E-state index contributed by atoms with van der Waals surface area (Å²) in [6.45, 7) is 0.453. The number of aromatic hydroxyl groups is 1. The first-order valence-corrected chi connectivity index (χ1v) is 3.97. The van der Waals surface area contributed by atoms with Crippen LogP contribution in [-0.4, -0.2) is 11.7 Å². The van der Waals surface area contributed by atoms with Gasteiger partial charge in [-0.05, 0) is 6.07 Å². The van der Waals surface area contributed by atoms with Crippen LogP contribution in [0.2, 0.25) is 5.02 Å². The van der Waals surface area contributed by atoms with Crippen LogP contribution in [0.1, 0.15) is 11.6 Å². The zero-order chi connectivity index (χ0) is 8.72. The zero-order valence-electron chi connectivity index (χ0n) is 6.25. The number of hydrogen-bond acceptors (Lipinski definition) is 3. The number of phenols is 1. The normalized spacial score (nSPS) is 20.3. The molecule has 2 rings (SSSR count). The quantitative estimate of drug-likeness (QED) is 0.643. The van der Waals surface area contributed by atoms with E-state index >= 15 is 0 Å². The Morgan fingerprint density at radius 3 is 3.08 bits per heavy atom. The van der Waals surface area contributed by atoms with Crippen LogP contribution in [0.4, 0.5) is 0 Å².